The van der Waals surface area contributed by atoms with Crippen LogP contribution < -0.4 is 10.9 Å². The van der Waals surface area contributed by atoms with Gasteiger partial charge in [0.1, 0.15) is 0 Å². The van der Waals surface area contributed by atoms with Gasteiger partial charge in [-0.25, -0.2) is 4.98 Å². The van der Waals surface area contributed by atoms with Crippen LogP contribution in [0.3, 0.4) is 0 Å². The predicted molar refractivity (Wildman–Crippen MR) is 110 cm³/mol. The van der Waals surface area contributed by atoms with Crippen molar-refractivity contribution in [3.63, 3.8) is 0 Å². The van der Waals surface area contributed by atoms with E-state index in [2.05, 4.69) is 32.1 Å². The molecule has 0 radical (unpaired) electrons. The Balaban J connectivity index is 1.54. The van der Waals surface area contributed by atoms with Gasteiger partial charge in [-0.2, -0.15) is 16.3 Å². The van der Waals surface area contributed by atoms with Crippen molar-refractivity contribution in [1.29, 1.82) is 0 Å². The summed E-state index contributed by atoms with van der Waals surface area (Å²) in [6, 6.07) is 1.59. The van der Waals surface area contributed by atoms with E-state index in [1.54, 1.807) is 6.07 Å². The van der Waals surface area contributed by atoms with Crippen molar-refractivity contribution in [3.8, 4) is 0 Å². The summed E-state index contributed by atoms with van der Waals surface area (Å²) in [5.74, 6) is 2.48. The van der Waals surface area contributed by atoms with Crippen molar-refractivity contribution in [2.75, 3.05) is 36.5 Å². The summed E-state index contributed by atoms with van der Waals surface area (Å²) >= 11 is 3.55. The average Bonchev–Trinajstić information content (AvgIpc) is 3.11. The molecule has 2 aromatic heterocycles. The van der Waals surface area contributed by atoms with Gasteiger partial charge in [0.25, 0.3) is 5.56 Å². The number of rotatable bonds is 5. The van der Waals surface area contributed by atoms with E-state index in [1.807, 2.05) is 6.92 Å². The van der Waals surface area contributed by atoms with Gasteiger partial charge in [0, 0.05) is 48.4 Å². The van der Waals surface area contributed by atoms with Crippen molar-refractivity contribution in [1.82, 2.24) is 19.5 Å². The Bertz CT molecular complexity index is 806. The molecule has 1 aliphatic carbocycles. The van der Waals surface area contributed by atoms with E-state index >= 15 is 0 Å². The lowest BCUT2D eigenvalue weighted by Gasteiger charge is -2.48. The van der Waals surface area contributed by atoms with E-state index in [-0.39, 0.29) is 11.1 Å². The molecule has 26 heavy (non-hydrogen) atoms. The van der Waals surface area contributed by atoms with Crippen molar-refractivity contribution in [3.05, 3.63) is 22.1 Å². The second-order valence-electron chi connectivity index (χ2n) is 7.28. The number of nitrogens with zero attached hydrogens (tertiary/aromatic N) is 4. The summed E-state index contributed by atoms with van der Waals surface area (Å²) in [6.07, 6.45) is 7.26. The van der Waals surface area contributed by atoms with Gasteiger partial charge >= 0.3 is 0 Å². The second-order valence-corrected chi connectivity index (χ2v) is 9.46. The van der Waals surface area contributed by atoms with Gasteiger partial charge in [-0.3, -0.25) is 9.69 Å². The van der Waals surface area contributed by atoms with Gasteiger partial charge in [0.05, 0.1) is 0 Å². The summed E-state index contributed by atoms with van der Waals surface area (Å²) in [7, 11) is 0. The molecule has 8 heteroatoms. The van der Waals surface area contributed by atoms with Crippen molar-refractivity contribution >= 4 is 33.2 Å². The minimum absolute atomic E-state index is 0.0865. The molecule has 0 unspecified atom stereocenters. The van der Waals surface area contributed by atoms with E-state index in [9.17, 15) is 4.79 Å². The van der Waals surface area contributed by atoms with Crippen LogP contribution in [0.1, 0.15) is 44.7 Å². The molecule has 142 valence electrons. The molecule has 3 heterocycles. The quantitative estimate of drug-likeness (QED) is 0.843. The third-order valence-electron chi connectivity index (χ3n) is 5.70. The molecule has 0 amide bonds. The third kappa shape index (κ3) is 3.64. The number of hydrogen-bond acceptors (Lipinski definition) is 7. The number of aryl methyl sites for hydroxylation is 1. The molecular weight excluding hydrogens is 366 g/mol. The smallest absolute Gasteiger partial charge is 0.275 e. The number of anilines is 1. The zero-order chi connectivity index (χ0) is 18.0. The van der Waals surface area contributed by atoms with Crippen LogP contribution in [0.25, 0.3) is 4.96 Å². The lowest BCUT2D eigenvalue weighted by Crippen LogP contribution is -2.57. The number of thioether (sulfide) groups is 1. The SMILES string of the molecule is CCc1cc(=O)n2nc(NCC3(N4CCSCC4)CCCCC3)sc2n1. The fourth-order valence-corrected chi connectivity index (χ4v) is 5.92. The minimum Gasteiger partial charge on any atom is -0.358 e. The van der Waals surface area contributed by atoms with E-state index in [1.165, 1.54) is 72.6 Å². The van der Waals surface area contributed by atoms with Gasteiger partial charge in [0.2, 0.25) is 10.1 Å². The normalized spacial score (nSPS) is 21.1. The van der Waals surface area contributed by atoms with Gasteiger partial charge in [0.15, 0.2) is 0 Å². The van der Waals surface area contributed by atoms with Crippen LogP contribution in [-0.2, 0) is 6.42 Å². The minimum atomic E-state index is -0.0865. The Labute approximate surface area is 162 Å². The average molecular weight is 394 g/mol. The molecule has 1 saturated carbocycles. The Kier molecular flexibility index (Phi) is 5.52. The molecule has 2 fully saturated rings. The predicted octanol–water partition coefficient (Wildman–Crippen LogP) is 2.88. The van der Waals surface area contributed by atoms with Crippen molar-refractivity contribution < 1.29 is 0 Å². The molecule has 2 aromatic rings. The molecule has 4 rings (SSSR count). The van der Waals surface area contributed by atoms with Gasteiger partial charge in [-0.15, -0.1) is 5.10 Å². The summed E-state index contributed by atoms with van der Waals surface area (Å²) in [5.41, 5.74) is 0.987. The molecular formula is C18H27N5OS2. The van der Waals surface area contributed by atoms with E-state index in [0.29, 0.717) is 4.96 Å². The first-order valence-corrected chi connectivity index (χ1v) is 11.6. The van der Waals surface area contributed by atoms with Crippen LogP contribution in [-0.4, -0.2) is 56.2 Å². The Morgan fingerprint density at radius 1 is 1.23 bits per heavy atom. The highest BCUT2D eigenvalue weighted by Crippen LogP contribution is 2.35. The Morgan fingerprint density at radius 2 is 2.00 bits per heavy atom. The molecule has 1 N–H and O–H groups in total. The maximum Gasteiger partial charge on any atom is 0.275 e. The second kappa shape index (κ2) is 7.86. The van der Waals surface area contributed by atoms with Gasteiger partial charge in [-0.1, -0.05) is 37.5 Å². The number of fused-ring (bicyclic) bond motifs is 1. The first-order valence-electron chi connectivity index (χ1n) is 9.67. The largest absolute Gasteiger partial charge is 0.358 e. The van der Waals surface area contributed by atoms with E-state index in [0.717, 1.165) is 23.8 Å². The Hall–Kier alpha value is -1.12. The highest BCUT2D eigenvalue weighted by Gasteiger charge is 2.38. The lowest BCUT2D eigenvalue weighted by molar-refractivity contribution is 0.0706. The van der Waals surface area contributed by atoms with Crippen molar-refractivity contribution in [2.24, 2.45) is 0 Å². The maximum absolute atomic E-state index is 12.2. The number of nitrogens with one attached hydrogen (secondary N) is 1. The van der Waals surface area contributed by atoms with Crippen LogP contribution in [0.15, 0.2) is 10.9 Å². The molecule has 1 saturated heterocycles. The number of hydrogen-bond donors (Lipinski definition) is 1. The zero-order valence-electron chi connectivity index (χ0n) is 15.4. The fourth-order valence-electron chi connectivity index (χ4n) is 4.20. The third-order valence-corrected chi connectivity index (χ3v) is 7.50. The van der Waals surface area contributed by atoms with Crippen LogP contribution in [0.4, 0.5) is 5.13 Å². The van der Waals surface area contributed by atoms with Gasteiger partial charge < -0.3 is 5.32 Å². The van der Waals surface area contributed by atoms with Gasteiger partial charge in [-0.05, 0) is 19.3 Å². The summed E-state index contributed by atoms with van der Waals surface area (Å²) < 4.78 is 1.43. The number of aromatic nitrogens is 3. The monoisotopic (exact) mass is 393 g/mol. The van der Waals surface area contributed by atoms with Crippen LogP contribution in [0.2, 0.25) is 0 Å². The highest BCUT2D eigenvalue weighted by atomic mass is 32.2. The Morgan fingerprint density at radius 3 is 2.73 bits per heavy atom. The topological polar surface area (TPSA) is 62.5 Å². The summed E-state index contributed by atoms with van der Waals surface area (Å²) in [5, 5.41) is 8.85. The van der Waals surface area contributed by atoms with E-state index in [4.69, 9.17) is 0 Å². The molecule has 6 nitrogen and oxygen atoms in total. The summed E-state index contributed by atoms with van der Waals surface area (Å²) in [6.45, 7) is 5.30. The molecule has 1 aliphatic heterocycles. The highest BCUT2D eigenvalue weighted by molar-refractivity contribution is 7.99. The molecule has 0 bridgehead atoms. The zero-order valence-corrected chi connectivity index (χ0v) is 17.0. The molecule has 0 spiro atoms. The fraction of sp³-hybridized carbons (Fsp3) is 0.722. The van der Waals surface area contributed by atoms with E-state index < -0.39 is 0 Å². The maximum atomic E-state index is 12.2. The first kappa shape index (κ1) is 18.3. The first-order chi connectivity index (χ1) is 12.7. The molecule has 2 aliphatic rings. The molecule has 0 atom stereocenters. The van der Waals surface area contributed by atoms with Crippen LogP contribution >= 0.6 is 23.1 Å². The lowest BCUT2D eigenvalue weighted by atomic mass is 9.80. The van der Waals surface area contributed by atoms with Crippen LogP contribution in [0.5, 0.6) is 0 Å². The summed E-state index contributed by atoms with van der Waals surface area (Å²) in [4.78, 5) is 20.2. The van der Waals surface area contributed by atoms with Crippen LogP contribution in [0, 0.1) is 0 Å². The van der Waals surface area contributed by atoms with Crippen molar-refractivity contribution in [2.45, 2.75) is 51.0 Å². The molecule has 0 aromatic carbocycles. The standard InChI is InChI=1S/C18H27N5OS2/c1-2-14-12-15(24)23-17(20-14)26-16(21-23)19-13-18(6-4-3-5-7-18)22-8-10-25-11-9-22/h12H,2-11,13H2,1H3,(H,19,21).